The van der Waals surface area contributed by atoms with Crippen molar-refractivity contribution in [2.45, 2.75) is 0 Å². The fourth-order valence-corrected chi connectivity index (χ4v) is 1.63. The van der Waals surface area contributed by atoms with E-state index < -0.39 is 0 Å². The average Bonchev–Trinajstić information content (AvgIpc) is 2.34. The van der Waals surface area contributed by atoms with Crippen molar-refractivity contribution >= 4 is 33.9 Å². The molecule has 0 aromatic rings. The minimum absolute atomic E-state index is 0. The van der Waals surface area contributed by atoms with Gasteiger partial charge in [-0.1, -0.05) is 11.8 Å². The quantitative estimate of drug-likeness (QED) is 0.696. The number of fused-ring (bicyclic) bond motifs is 1. The van der Waals surface area contributed by atoms with E-state index in [1.165, 1.54) is 11.8 Å². The van der Waals surface area contributed by atoms with E-state index in [9.17, 15) is 5.11 Å². The Morgan fingerprint density at radius 2 is 2.45 bits per heavy atom. The van der Waals surface area contributed by atoms with Crippen molar-refractivity contribution in [2.24, 2.45) is 4.99 Å². The summed E-state index contributed by atoms with van der Waals surface area (Å²) in [6.07, 6.45) is 3.66. The van der Waals surface area contributed by atoms with Gasteiger partial charge in [-0.15, -0.1) is 17.0 Å². The van der Waals surface area contributed by atoms with Crippen molar-refractivity contribution in [3.8, 4) is 0 Å². The van der Waals surface area contributed by atoms with E-state index in [0.29, 0.717) is 5.88 Å². The molecule has 0 amide bonds. The summed E-state index contributed by atoms with van der Waals surface area (Å²) in [5.41, 5.74) is 0. The third-order valence-corrected chi connectivity index (χ3v) is 2.22. The van der Waals surface area contributed by atoms with E-state index in [4.69, 9.17) is 0 Å². The minimum Gasteiger partial charge on any atom is -0.494 e. The number of amidine groups is 1. The van der Waals surface area contributed by atoms with Gasteiger partial charge in [0.15, 0.2) is 11.1 Å². The first-order chi connectivity index (χ1) is 4.88. The Morgan fingerprint density at radius 3 is 3.18 bits per heavy atom. The van der Waals surface area contributed by atoms with Crippen molar-refractivity contribution in [2.75, 3.05) is 6.54 Å². The van der Waals surface area contributed by atoms with Crippen LogP contribution in [0.4, 0.5) is 0 Å². The van der Waals surface area contributed by atoms with E-state index in [1.807, 2.05) is 6.08 Å². The molecule has 0 aromatic carbocycles. The molecule has 0 aliphatic carbocycles. The predicted octanol–water partition coefficient (Wildman–Crippen LogP) is 1.85. The zero-order valence-electron chi connectivity index (χ0n) is 5.60. The maximum absolute atomic E-state index is 9.18. The highest BCUT2D eigenvalue weighted by atomic mass is 79.9. The summed E-state index contributed by atoms with van der Waals surface area (Å²) in [6, 6.07) is 0. The third kappa shape index (κ3) is 1.44. The van der Waals surface area contributed by atoms with Gasteiger partial charge in [0.05, 0.1) is 0 Å². The van der Waals surface area contributed by atoms with Gasteiger partial charge in [-0.25, -0.2) is 4.99 Å². The SMILES string of the molecule is Br.OC1=CSC2=NC=CCN12. The second kappa shape index (κ2) is 3.32. The number of aliphatic hydroxyl groups excluding tert-OH is 1. The van der Waals surface area contributed by atoms with Gasteiger partial charge in [-0.05, 0) is 6.08 Å². The Balaban J connectivity index is 0.000000605. The van der Waals surface area contributed by atoms with Crippen LogP contribution in [0.25, 0.3) is 0 Å². The molecule has 0 radical (unpaired) electrons. The standard InChI is InChI=1S/C6H6N2OS.BrH/c9-5-4-10-6-7-2-1-3-8(5)6;/h1-2,4,9H,3H2;1H. The zero-order valence-corrected chi connectivity index (χ0v) is 8.13. The van der Waals surface area contributed by atoms with Gasteiger partial charge in [0.1, 0.15) is 0 Å². The molecule has 0 spiro atoms. The van der Waals surface area contributed by atoms with Crippen LogP contribution in [0.2, 0.25) is 0 Å². The Kier molecular flexibility index (Phi) is 2.62. The molecule has 60 valence electrons. The lowest BCUT2D eigenvalue weighted by Gasteiger charge is -2.17. The molecule has 0 fully saturated rings. The first-order valence-corrected chi connectivity index (χ1v) is 3.82. The largest absolute Gasteiger partial charge is 0.494 e. The molecule has 11 heavy (non-hydrogen) atoms. The lowest BCUT2D eigenvalue weighted by molar-refractivity contribution is 0.293. The molecule has 1 N–H and O–H groups in total. The average molecular weight is 235 g/mol. The molecule has 0 bridgehead atoms. The van der Waals surface area contributed by atoms with Gasteiger partial charge >= 0.3 is 0 Å². The van der Waals surface area contributed by atoms with E-state index in [-0.39, 0.29) is 17.0 Å². The van der Waals surface area contributed by atoms with Crippen LogP contribution in [0.3, 0.4) is 0 Å². The zero-order chi connectivity index (χ0) is 6.97. The van der Waals surface area contributed by atoms with Crippen LogP contribution >= 0.6 is 28.7 Å². The molecule has 0 unspecified atom stereocenters. The van der Waals surface area contributed by atoms with Gasteiger partial charge in [0.2, 0.25) is 0 Å². The Morgan fingerprint density at radius 1 is 1.64 bits per heavy atom. The van der Waals surface area contributed by atoms with Crippen molar-refractivity contribution in [1.29, 1.82) is 0 Å². The molecule has 5 heteroatoms. The van der Waals surface area contributed by atoms with Gasteiger partial charge < -0.3 is 5.11 Å². The molecule has 0 saturated carbocycles. The number of aliphatic hydroxyl groups is 1. The number of hydrogen-bond acceptors (Lipinski definition) is 4. The molecule has 3 nitrogen and oxygen atoms in total. The molecule has 2 rings (SSSR count). The van der Waals surface area contributed by atoms with Gasteiger partial charge in [-0.3, -0.25) is 4.90 Å². The number of hydrogen-bond donors (Lipinski definition) is 1. The van der Waals surface area contributed by atoms with E-state index >= 15 is 0 Å². The summed E-state index contributed by atoms with van der Waals surface area (Å²) in [5, 5.41) is 11.7. The minimum atomic E-state index is 0. The highest BCUT2D eigenvalue weighted by Crippen LogP contribution is 2.25. The van der Waals surface area contributed by atoms with Crippen molar-refractivity contribution < 1.29 is 5.11 Å². The van der Waals surface area contributed by atoms with Crippen molar-refractivity contribution in [1.82, 2.24) is 4.90 Å². The van der Waals surface area contributed by atoms with E-state index in [0.717, 1.165) is 11.7 Å². The molecule has 0 atom stereocenters. The smallest absolute Gasteiger partial charge is 0.200 e. The number of halogens is 1. The molecular weight excluding hydrogens is 228 g/mol. The molecule has 2 heterocycles. The van der Waals surface area contributed by atoms with Crippen LogP contribution in [0.1, 0.15) is 0 Å². The Hall–Kier alpha value is -0.420. The molecular formula is C6H7BrN2OS. The number of thioether (sulfide) groups is 1. The molecule has 0 saturated heterocycles. The lowest BCUT2D eigenvalue weighted by atomic mass is 10.5. The van der Waals surface area contributed by atoms with E-state index in [1.54, 1.807) is 16.5 Å². The van der Waals surface area contributed by atoms with Crippen LogP contribution in [-0.2, 0) is 0 Å². The lowest BCUT2D eigenvalue weighted by Crippen LogP contribution is -2.25. The van der Waals surface area contributed by atoms with Crippen LogP contribution in [0, 0.1) is 0 Å². The maximum atomic E-state index is 9.18. The summed E-state index contributed by atoms with van der Waals surface area (Å²) in [5.74, 6) is 0.299. The topological polar surface area (TPSA) is 35.8 Å². The second-order valence-electron chi connectivity index (χ2n) is 2.00. The van der Waals surface area contributed by atoms with Crippen LogP contribution in [0.15, 0.2) is 28.6 Å². The summed E-state index contributed by atoms with van der Waals surface area (Å²) in [7, 11) is 0. The highest BCUT2D eigenvalue weighted by Gasteiger charge is 2.21. The van der Waals surface area contributed by atoms with Crippen LogP contribution in [-0.4, -0.2) is 21.7 Å². The maximum Gasteiger partial charge on any atom is 0.200 e. The summed E-state index contributed by atoms with van der Waals surface area (Å²) < 4.78 is 0. The normalized spacial score (nSPS) is 20.2. The summed E-state index contributed by atoms with van der Waals surface area (Å²) in [6.45, 7) is 0.730. The van der Waals surface area contributed by atoms with E-state index in [2.05, 4.69) is 4.99 Å². The number of nitrogens with zero attached hydrogens (tertiary/aromatic N) is 2. The third-order valence-electron chi connectivity index (χ3n) is 1.36. The predicted molar refractivity (Wildman–Crippen MR) is 51.9 cm³/mol. The number of rotatable bonds is 0. The monoisotopic (exact) mass is 234 g/mol. The second-order valence-corrected chi connectivity index (χ2v) is 2.84. The van der Waals surface area contributed by atoms with Gasteiger partial charge in [0, 0.05) is 18.2 Å². The summed E-state index contributed by atoms with van der Waals surface area (Å²) >= 11 is 1.45. The molecule has 2 aliphatic rings. The first kappa shape index (κ1) is 8.67. The van der Waals surface area contributed by atoms with Gasteiger partial charge in [0.25, 0.3) is 0 Å². The van der Waals surface area contributed by atoms with Crippen LogP contribution in [0.5, 0.6) is 0 Å². The van der Waals surface area contributed by atoms with Crippen LogP contribution < -0.4 is 0 Å². The van der Waals surface area contributed by atoms with Gasteiger partial charge in [-0.2, -0.15) is 0 Å². The fourth-order valence-electron chi connectivity index (χ4n) is 0.871. The number of aliphatic imine (C=N–C) groups is 1. The van der Waals surface area contributed by atoms with Crippen molar-refractivity contribution in [3.05, 3.63) is 23.6 Å². The molecule has 2 aliphatic heterocycles. The Bertz CT molecular complexity index is 249. The first-order valence-electron chi connectivity index (χ1n) is 2.94. The van der Waals surface area contributed by atoms with Crippen molar-refractivity contribution in [3.63, 3.8) is 0 Å². The Labute approximate surface area is 79.3 Å². The fraction of sp³-hybridized carbons (Fsp3) is 0.167. The highest BCUT2D eigenvalue weighted by molar-refractivity contribution is 8.93. The molecule has 0 aromatic heterocycles. The summed E-state index contributed by atoms with van der Waals surface area (Å²) in [4.78, 5) is 5.81.